The summed E-state index contributed by atoms with van der Waals surface area (Å²) in [5.41, 5.74) is 1.25. The first kappa shape index (κ1) is 21.9. The van der Waals surface area contributed by atoms with Gasteiger partial charge in [-0.15, -0.1) is 12.4 Å². The van der Waals surface area contributed by atoms with Crippen molar-refractivity contribution in [3.8, 4) is 0 Å². The minimum atomic E-state index is -3.58. The molecule has 1 unspecified atom stereocenters. The lowest BCUT2D eigenvalue weighted by atomic mass is 10.1. The smallest absolute Gasteiger partial charge is 0.318 e. The topological polar surface area (TPSA) is 87.2 Å². The van der Waals surface area contributed by atoms with E-state index in [-0.39, 0.29) is 25.1 Å². The second-order valence-corrected chi connectivity index (χ2v) is 7.96. The van der Waals surface area contributed by atoms with Gasteiger partial charge in [0.2, 0.25) is 10.0 Å². The van der Waals surface area contributed by atoms with Crippen LogP contribution in [-0.2, 0) is 26.0 Å². The average Bonchev–Trinajstić information content (AvgIpc) is 2.52. The summed E-state index contributed by atoms with van der Waals surface area (Å²) >= 11 is 0. The van der Waals surface area contributed by atoms with Crippen molar-refractivity contribution >= 4 is 28.4 Å². The standard InChI is InChI=1S/C16H24N2O5S.ClH/c1-24(21,22)18(13-16(19)20)12-15-11-17(9-10-23-15)8-7-14-5-3-2-4-6-14;/h2-6,15H,7-13H2,1H3,(H,19,20);1H. The van der Waals surface area contributed by atoms with Gasteiger partial charge in [-0.2, -0.15) is 4.31 Å². The van der Waals surface area contributed by atoms with Crippen LogP contribution in [0.2, 0.25) is 0 Å². The molecule has 1 aromatic rings. The minimum absolute atomic E-state index is 0. The molecule has 2 rings (SSSR count). The van der Waals surface area contributed by atoms with Crippen molar-refractivity contribution in [2.24, 2.45) is 0 Å². The van der Waals surface area contributed by atoms with E-state index >= 15 is 0 Å². The Labute approximate surface area is 155 Å². The molecule has 1 aliphatic rings. The van der Waals surface area contributed by atoms with Gasteiger partial charge in [-0.25, -0.2) is 8.42 Å². The van der Waals surface area contributed by atoms with Crippen LogP contribution in [0, 0.1) is 0 Å². The maximum absolute atomic E-state index is 11.7. The monoisotopic (exact) mass is 392 g/mol. The van der Waals surface area contributed by atoms with Gasteiger partial charge in [0.25, 0.3) is 0 Å². The van der Waals surface area contributed by atoms with E-state index in [9.17, 15) is 13.2 Å². The number of hydrogen-bond donors (Lipinski definition) is 1. The number of carbonyl (C=O) groups is 1. The molecule has 1 N–H and O–H groups in total. The molecular weight excluding hydrogens is 368 g/mol. The largest absolute Gasteiger partial charge is 0.480 e. The van der Waals surface area contributed by atoms with Gasteiger partial charge in [-0.05, 0) is 12.0 Å². The summed E-state index contributed by atoms with van der Waals surface area (Å²) in [7, 11) is -3.58. The van der Waals surface area contributed by atoms with Crippen LogP contribution in [0.1, 0.15) is 5.56 Å². The molecule has 1 heterocycles. The van der Waals surface area contributed by atoms with Crippen LogP contribution in [0.5, 0.6) is 0 Å². The van der Waals surface area contributed by atoms with Crippen LogP contribution in [0.25, 0.3) is 0 Å². The zero-order chi connectivity index (χ0) is 17.6. The van der Waals surface area contributed by atoms with Gasteiger partial charge >= 0.3 is 5.97 Å². The van der Waals surface area contributed by atoms with Crippen molar-refractivity contribution in [3.63, 3.8) is 0 Å². The fraction of sp³-hybridized carbons (Fsp3) is 0.562. The fourth-order valence-corrected chi connectivity index (χ4v) is 3.50. The van der Waals surface area contributed by atoms with E-state index in [2.05, 4.69) is 17.0 Å². The first-order valence-corrected chi connectivity index (χ1v) is 9.74. The van der Waals surface area contributed by atoms with E-state index in [1.54, 1.807) is 0 Å². The summed E-state index contributed by atoms with van der Waals surface area (Å²) in [5, 5.41) is 8.88. The highest BCUT2D eigenvalue weighted by Gasteiger charge is 2.27. The molecule has 0 saturated carbocycles. The zero-order valence-corrected chi connectivity index (χ0v) is 15.8. The van der Waals surface area contributed by atoms with E-state index in [4.69, 9.17) is 9.84 Å². The maximum atomic E-state index is 11.7. The first-order chi connectivity index (χ1) is 11.3. The predicted octanol–water partition coefficient (Wildman–Crippen LogP) is 0.698. The van der Waals surface area contributed by atoms with Crippen LogP contribution >= 0.6 is 12.4 Å². The number of sulfonamides is 1. The first-order valence-electron chi connectivity index (χ1n) is 7.89. The van der Waals surface area contributed by atoms with Gasteiger partial charge in [0.05, 0.1) is 19.0 Å². The Morgan fingerprint density at radius 2 is 2.04 bits per heavy atom. The highest BCUT2D eigenvalue weighted by atomic mass is 35.5. The van der Waals surface area contributed by atoms with Gasteiger partial charge in [0.15, 0.2) is 0 Å². The van der Waals surface area contributed by atoms with Crippen LogP contribution in [-0.4, -0.2) is 80.4 Å². The van der Waals surface area contributed by atoms with Gasteiger partial charge in [-0.3, -0.25) is 9.69 Å². The molecule has 1 atom stereocenters. The molecule has 1 aliphatic heterocycles. The van der Waals surface area contributed by atoms with E-state index in [1.165, 1.54) is 5.56 Å². The van der Waals surface area contributed by atoms with Crippen molar-refractivity contribution in [2.45, 2.75) is 12.5 Å². The molecule has 9 heteroatoms. The van der Waals surface area contributed by atoms with Crippen molar-refractivity contribution in [1.82, 2.24) is 9.21 Å². The fourth-order valence-electron chi connectivity index (χ4n) is 2.72. The van der Waals surface area contributed by atoms with Crippen molar-refractivity contribution in [2.75, 3.05) is 45.6 Å². The normalized spacial score (nSPS) is 18.7. The summed E-state index contributed by atoms with van der Waals surface area (Å²) in [4.78, 5) is 13.1. The third kappa shape index (κ3) is 7.70. The summed E-state index contributed by atoms with van der Waals surface area (Å²) in [5.74, 6) is -1.17. The van der Waals surface area contributed by atoms with E-state index in [1.807, 2.05) is 18.2 Å². The molecule has 0 aromatic heterocycles. The number of morpholine rings is 1. The van der Waals surface area contributed by atoms with Crippen LogP contribution in [0.3, 0.4) is 0 Å². The van der Waals surface area contributed by atoms with Gasteiger partial charge in [0, 0.05) is 26.2 Å². The van der Waals surface area contributed by atoms with Gasteiger partial charge in [-0.1, -0.05) is 30.3 Å². The molecule has 1 saturated heterocycles. The molecule has 0 spiro atoms. The lowest BCUT2D eigenvalue weighted by Gasteiger charge is -2.34. The zero-order valence-electron chi connectivity index (χ0n) is 14.2. The van der Waals surface area contributed by atoms with Gasteiger partial charge < -0.3 is 9.84 Å². The van der Waals surface area contributed by atoms with E-state index in [0.29, 0.717) is 13.2 Å². The Morgan fingerprint density at radius 3 is 2.64 bits per heavy atom. The molecule has 1 fully saturated rings. The Hall–Kier alpha value is -1.19. The maximum Gasteiger partial charge on any atom is 0.318 e. The number of aliphatic carboxylic acids is 1. The lowest BCUT2D eigenvalue weighted by molar-refractivity contribution is -0.137. The number of benzene rings is 1. The van der Waals surface area contributed by atoms with Crippen LogP contribution < -0.4 is 0 Å². The van der Waals surface area contributed by atoms with Crippen LogP contribution in [0.4, 0.5) is 0 Å². The molecule has 142 valence electrons. The molecule has 0 bridgehead atoms. The molecular formula is C16H25ClN2O5S. The number of carboxylic acids is 1. The molecule has 7 nitrogen and oxygen atoms in total. The molecule has 0 amide bonds. The van der Waals surface area contributed by atoms with E-state index < -0.39 is 22.5 Å². The van der Waals surface area contributed by atoms with Crippen molar-refractivity contribution in [1.29, 1.82) is 0 Å². The molecule has 1 aromatic carbocycles. The van der Waals surface area contributed by atoms with Crippen molar-refractivity contribution in [3.05, 3.63) is 35.9 Å². The summed E-state index contributed by atoms with van der Waals surface area (Å²) < 4.78 is 30.0. The number of halogens is 1. The minimum Gasteiger partial charge on any atom is -0.480 e. The quantitative estimate of drug-likeness (QED) is 0.700. The Bertz CT molecular complexity index is 641. The van der Waals surface area contributed by atoms with Gasteiger partial charge in [0.1, 0.15) is 6.54 Å². The summed E-state index contributed by atoms with van der Waals surface area (Å²) in [6, 6.07) is 10.2. The average molecular weight is 393 g/mol. The SMILES string of the molecule is CS(=O)(=O)N(CC(=O)O)CC1CN(CCc2ccccc2)CCO1.Cl. The number of ether oxygens (including phenoxy) is 1. The third-order valence-electron chi connectivity index (χ3n) is 3.97. The predicted molar refractivity (Wildman–Crippen MR) is 97.6 cm³/mol. The number of carboxylic acid groups (broad SMARTS) is 1. The highest BCUT2D eigenvalue weighted by Crippen LogP contribution is 2.11. The number of rotatable bonds is 8. The summed E-state index contributed by atoms with van der Waals surface area (Å²) in [6.45, 7) is 2.29. The Morgan fingerprint density at radius 1 is 1.36 bits per heavy atom. The Kier molecular flexibility index (Phi) is 8.81. The van der Waals surface area contributed by atoms with Crippen molar-refractivity contribution < 1.29 is 23.1 Å². The highest BCUT2D eigenvalue weighted by molar-refractivity contribution is 7.88. The second-order valence-electron chi connectivity index (χ2n) is 5.98. The number of hydrogen-bond acceptors (Lipinski definition) is 5. The molecule has 0 radical (unpaired) electrons. The molecule has 25 heavy (non-hydrogen) atoms. The Balaban J connectivity index is 0.00000312. The summed E-state index contributed by atoms with van der Waals surface area (Å²) in [6.07, 6.45) is 1.62. The van der Waals surface area contributed by atoms with Crippen LogP contribution in [0.15, 0.2) is 30.3 Å². The number of nitrogens with zero attached hydrogens (tertiary/aromatic N) is 2. The second kappa shape index (κ2) is 10.1. The molecule has 0 aliphatic carbocycles. The van der Waals surface area contributed by atoms with E-state index in [0.717, 1.165) is 30.1 Å². The lowest BCUT2D eigenvalue weighted by Crippen LogP contribution is -2.49. The third-order valence-corrected chi connectivity index (χ3v) is 5.19.